The normalized spacial score (nSPS) is 23.8. The van der Waals surface area contributed by atoms with Gasteiger partial charge in [0, 0.05) is 0 Å². The van der Waals surface area contributed by atoms with Gasteiger partial charge in [-0.15, -0.1) is 0 Å². The molecule has 166 valence electrons. The van der Waals surface area contributed by atoms with Gasteiger partial charge in [0.2, 0.25) is 0 Å². The summed E-state index contributed by atoms with van der Waals surface area (Å²) in [6, 6.07) is 3.93. The number of carbonyl (C=O) groups is 1. The van der Waals surface area contributed by atoms with Crippen LogP contribution < -0.4 is 0 Å². The van der Waals surface area contributed by atoms with Gasteiger partial charge in [0.25, 0.3) is 0 Å². The highest BCUT2D eigenvalue weighted by atomic mass is 19.4. The van der Waals surface area contributed by atoms with Crippen LogP contribution in [0, 0.1) is 12.7 Å². The molecule has 2 saturated heterocycles. The van der Waals surface area contributed by atoms with Crippen molar-refractivity contribution in [3.05, 3.63) is 70.0 Å². The molecule has 0 bridgehead atoms. The molecule has 2 aromatic rings. The molecule has 2 aliphatic heterocycles. The zero-order valence-corrected chi connectivity index (χ0v) is 16.0. The number of amides is 1. The smallest absolute Gasteiger partial charge is 0.416 e. The number of hydrogen-bond donors (Lipinski definition) is 0. The average Bonchev–Trinajstić information content (AvgIpc) is 3.23. The predicted molar refractivity (Wildman–Crippen MR) is 94.4 cm³/mol. The Hall–Kier alpha value is -2.78. The summed E-state index contributed by atoms with van der Waals surface area (Å²) in [5, 5.41) is 0. The van der Waals surface area contributed by atoms with Crippen LogP contribution >= 0.6 is 0 Å². The van der Waals surface area contributed by atoms with Crippen molar-refractivity contribution in [2.75, 3.05) is 0 Å². The molecule has 0 radical (unpaired) electrons. The second kappa shape index (κ2) is 7.13. The fraction of sp³-hybridized carbons (Fsp3) is 0.381. The molecule has 2 aromatic carbocycles. The van der Waals surface area contributed by atoms with E-state index >= 15 is 0 Å². The molecular weight excluding hydrogens is 431 g/mol. The summed E-state index contributed by atoms with van der Waals surface area (Å²) in [6.45, 7) is 1.73. The maximum absolute atomic E-state index is 13.7. The SMILES string of the molecule is Cc1ccc(F)cc1C1CCC2C(c3cc(C(F)(F)F)cc(C(F)(F)F)c3)OC(=O)N12. The number of hydrogen-bond acceptors (Lipinski definition) is 2. The van der Waals surface area contributed by atoms with Gasteiger partial charge >= 0.3 is 18.4 Å². The number of cyclic esters (lactones) is 1. The lowest BCUT2D eigenvalue weighted by Gasteiger charge is -2.24. The highest BCUT2D eigenvalue weighted by molar-refractivity contribution is 5.72. The van der Waals surface area contributed by atoms with Crippen LogP contribution in [-0.4, -0.2) is 17.0 Å². The van der Waals surface area contributed by atoms with Crippen LogP contribution in [-0.2, 0) is 17.1 Å². The molecule has 2 aliphatic rings. The van der Waals surface area contributed by atoms with Crippen molar-refractivity contribution >= 4 is 6.09 Å². The summed E-state index contributed by atoms with van der Waals surface area (Å²) >= 11 is 0. The van der Waals surface area contributed by atoms with Crippen LogP contribution in [0.3, 0.4) is 0 Å². The Morgan fingerprint density at radius 3 is 2.13 bits per heavy atom. The second-order valence-electron chi connectivity index (χ2n) is 7.71. The second-order valence-corrected chi connectivity index (χ2v) is 7.71. The first-order chi connectivity index (χ1) is 14.4. The van der Waals surface area contributed by atoms with Gasteiger partial charge in [-0.1, -0.05) is 6.07 Å². The van der Waals surface area contributed by atoms with E-state index in [4.69, 9.17) is 4.74 Å². The largest absolute Gasteiger partial charge is 0.439 e. The van der Waals surface area contributed by atoms with Crippen molar-refractivity contribution in [3.63, 3.8) is 0 Å². The quantitative estimate of drug-likeness (QED) is 0.488. The van der Waals surface area contributed by atoms with E-state index in [1.807, 2.05) is 0 Å². The predicted octanol–water partition coefficient (Wildman–Crippen LogP) is 6.57. The maximum atomic E-state index is 13.7. The minimum absolute atomic E-state index is 0.0333. The van der Waals surface area contributed by atoms with Crippen LogP contribution in [0.5, 0.6) is 0 Å². The van der Waals surface area contributed by atoms with Gasteiger partial charge < -0.3 is 4.74 Å². The third kappa shape index (κ3) is 3.83. The summed E-state index contributed by atoms with van der Waals surface area (Å²) < 4.78 is 98.3. The lowest BCUT2D eigenvalue weighted by Crippen LogP contribution is -2.31. The van der Waals surface area contributed by atoms with Crippen LogP contribution in [0.25, 0.3) is 0 Å². The first-order valence-electron chi connectivity index (χ1n) is 9.40. The van der Waals surface area contributed by atoms with Crippen molar-refractivity contribution < 1.29 is 40.3 Å². The van der Waals surface area contributed by atoms with E-state index in [1.54, 1.807) is 13.0 Å². The van der Waals surface area contributed by atoms with Crippen molar-refractivity contribution in [2.24, 2.45) is 0 Å². The number of nitrogens with zero attached hydrogens (tertiary/aromatic N) is 1. The molecular formula is C21H16F7NO2. The van der Waals surface area contributed by atoms with Gasteiger partial charge in [0.05, 0.1) is 23.2 Å². The van der Waals surface area contributed by atoms with E-state index in [0.29, 0.717) is 29.7 Å². The highest BCUT2D eigenvalue weighted by Gasteiger charge is 2.51. The van der Waals surface area contributed by atoms with E-state index in [0.717, 1.165) is 0 Å². The van der Waals surface area contributed by atoms with E-state index in [9.17, 15) is 35.5 Å². The zero-order chi connectivity index (χ0) is 22.7. The van der Waals surface area contributed by atoms with E-state index < -0.39 is 53.6 Å². The fourth-order valence-corrected chi connectivity index (χ4v) is 4.35. The van der Waals surface area contributed by atoms with Gasteiger partial charge in [-0.3, -0.25) is 4.90 Å². The van der Waals surface area contributed by atoms with Gasteiger partial charge in [0.15, 0.2) is 0 Å². The highest BCUT2D eigenvalue weighted by Crippen LogP contribution is 2.49. The number of carbonyl (C=O) groups excluding carboxylic acids is 1. The average molecular weight is 447 g/mol. The number of ether oxygens (including phenoxy) is 1. The first kappa shape index (κ1) is 21.5. The van der Waals surface area contributed by atoms with Gasteiger partial charge in [-0.25, -0.2) is 9.18 Å². The number of alkyl halides is 6. The zero-order valence-electron chi connectivity index (χ0n) is 16.0. The Balaban J connectivity index is 1.73. The number of aryl methyl sites for hydroxylation is 1. The van der Waals surface area contributed by atoms with Crippen molar-refractivity contribution in [3.8, 4) is 0 Å². The standard InChI is InChI=1S/C21H16F7NO2/c1-10-2-3-14(22)9-15(10)16-4-5-17-18(31-19(30)29(16)17)11-6-12(20(23,24)25)8-13(7-11)21(26,27)28/h2-3,6-9,16-18H,4-5H2,1H3. The first-order valence-corrected chi connectivity index (χ1v) is 9.40. The minimum atomic E-state index is -5.00. The van der Waals surface area contributed by atoms with E-state index in [1.165, 1.54) is 17.0 Å². The number of benzene rings is 2. The Morgan fingerprint density at radius 1 is 0.935 bits per heavy atom. The van der Waals surface area contributed by atoms with Crippen molar-refractivity contribution in [2.45, 2.75) is 50.3 Å². The molecule has 3 unspecified atom stereocenters. The molecule has 3 atom stereocenters. The molecule has 2 heterocycles. The Kier molecular flexibility index (Phi) is 4.94. The third-order valence-corrected chi connectivity index (χ3v) is 5.76. The topological polar surface area (TPSA) is 29.5 Å². The summed E-state index contributed by atoms with van der Waals surface area (Å²) in [6.07, 6.45) is -11.5. The molecule has 3 nitrogen and oxygen atoms in total. The summed E-state index contributed by atoms with van der Waals surface area (Å²) in [5.41, 5.74) is -2.08. The van der Waals surface area contributed by atoms with Crippen LogP contribution in [0.2, 0.25) is 0 Å². The molecule has 0 N–H and O–H groups in total. The molecule has 10 heteroatoms. The summed E-state index contributed by atoms with van der Waals surface area (Å²) in [5.74, 6) is -0.513. The lowest BCUT2D eigenvalue weighted by molar-refractivity contribution is -0.143. The fourth-order valence-electron chi connectivity index (χ4n) is 4.35. The summed E-state index contributed by atoms with van der Waals surface area (Å²) in [4.78, 5) is 13.8. The number of rotatable bonds is 2. The molecule has 0 spiro atoms. The van der Waals surface area contributed by atoms with Crippen LogP contribution in [0.1, 0.15) is 52.8 Å². The monoisotopic (exact) mass is 447 g/mol. The van der Waals surface area contributed by atoms with Crippen molar-refractivity contribution in [1.29, 1.82) is 0 Å². The van der Waals surface area contributed by atoms with Gasteiger partial charge in [0.1, 0.15) is 11.9 Å². The van der Waals surface area contributed by atoms with Crippen LogP contribution in [0.15, 0.2) is 36.4 Å². The molecule has 0 saturated carbocycles. The van der Waals surface area contributed by atoms with Gasteiger partial charge in [-0.05, 0) is 66.8 Å². The van der Waals surface area contributed by atoms with E-state index in [-0.39, 0.29) is 18.1 Å². The van der Waals surface area contributed by atoms with Crippen LogP contribution in [0.4, 0.5) is 35.5 Å². The Labute approximate surface area is 172 Å². The third-order valence-electron chi connectivity index (χ3n) is 5.76. The molecule has 0 aromatic heterocycles. The van der Waals surface area contributed by atoms with Crippen molar-refractivity contribution in [1.82, 2.24) is 4.90 Å². The molecule has 0 aliphatic carbocycles. The Bertz CT molecular complexity index is 999. The molecule has 31 heavy (non-hydrogen) atoms. The minimum Gasteiger partial charge on any atom is -0.439 e. The molecule has 1 amide bonds. The number of halogens is 7. The molecule has 4 rings (SSSR count). The lowest BCUT2D eigenvalue weighted by atomic mass is 9.96. The van der Waals surface area contributed by atoms with E-state index in [2.05, 4.69) is 0 Å². The Morgan fingerprint density at radius 2 is 1.55 bits per heavy atom. The maximum Gasteiger partial charge on any atom is 0.416 e. The number of fused-ring (bicyclic) bond motifs is 1. The molecule has 2 fully saturated rings. The summed E-state index contributed by atoms with van der Waals surface area (Å²) in [7, 11) is 0. The van der Waals surface area contributed by atoms with Gasteiger partial charge in [-0.2, -0.15) is 26.3 Å².